The zero-order valence-corrected chi connectivity index (χ0v) is 9.48. The fourth-order valence-corrected chi connectivity index (χ4v) is 1.34. The number of halogens is 5. The molecule has 0 unspecified atom stereocenters. The van der Waals surface area contributed by atoms with Gasteiger partial charge in [-0.2, -0.15) is 13.2 Å². The van der Waals surface area contributed by atoms with E-state index in [0.29, 0.717) is 6.20 Å². The van der Waals surface area contributed by atoms with Crippen molar-refractivity contribution in [2.45, 2.75) is 19.5 Å². The van der Waals surface area contributed by atoms with E-state index in [-0.39, 0.29) is 6.61 Å². The lowest BCUT2D eigenvalue weighted by Crippen LogP contribution is -2.28. The van der Waals surface area contributed by atoms with Gasteiger partial charge >= 0.3 is 12.1 Å². The molecule has 0 fully saturated rings. The van der Waals surface area contributed by atoms with E-state index in [0.717, 1.165) is 0 Å². The quantitative estimate of drug-likeness (QED) is 0.685. The highest BCUT2D eigenvalue weighted by atomic mass is 19.4. The molecule has 1 rings (SSSR count). The van der Waals surface area contributed by atoms with Gasteiger partial charge in [-0.25, -0.2) is 13.6 Å². The van der Waals surface area contributed by atoms with E-state index < -0.39 is 40.8 Å². The molecule has 0 atom stereocenters. The summed E-state index contributed by atoms with van der Waals surface area (Å²) in [6, 6.07) is 0. The van der Waals surface area contributed by atoms with Crippen molar-refractivity contribution in [1.82, 2.24) is 4.98 Å². The minimum Gasteiger partial charge on any atom is -0.461 e. The molecule has 0 aliphatic carbocycles. The SMILES string of the molecule is CCOC(=O)c1[nH]cc(C(F)F)c(=O)c1C(F)(F)F. The molecular formula is C10H8F5NO3. The van der Waals surface area contributed by atoms with Gasteiger partial charge in [-0.1, -0.05) is 0 Å². The number of aromatic amines is 1. The normalized spacial score (nSPS) is 11.7. The second-order valence-corrected chi connectivity index (χ2v) is 3.34. The second kappa shape index (κ2) is 5.37. The fraction of sp³-hybridized carbons (Fsp3) is 0.400. The number of H-pyrrole nitrogens is 1. The molecule has 0 amide bonds. The molecule has 0 radical (unpaired) electrons. The Balaban J connectivity index is 3.55. The number of pyridine rings is 1. The Morgan fingerprint density at radius 2 is 2.00 bits per heavy atom. The number of carbonyl (C=O) groups is 1. The van der Waals surface area contributed by atoms with Crippen LogP contribution in [0.1, 0.15) is 35.0 Å². The highest BCUT2D eigenvalue weighted by Gasteiger charge is 2.40. The van der Waals surface area contributed by atoms with Crippen molar-refractivity contribution in [3.8, 4) is 0 Å². The molecule has 0 bridgehead atoms. The first-order valence-electron chi connectivity index (χ1n) is 4.98. The van der Waals surface area contributed by atoms with Gasteiger partial charge in [0.2, 0.25) is 5.43 Å². The minimum atomic E-state index is -5.25. The summed E-state index contributed by atoms with van der Waals surface area (Å²) in [5.74, 6) is -1.44. The molecule has 106 valence electrons. The lowest BCUT2D eigenvalue weighted by atomic mass is 10.1. The first-order chi connectivity index (χ1) is 8.70. The van der Waals surface area contributed by atoms with Crippen molar-refractivity contribution in [3.05, 3.63) is 33.2 Å². The third-order valence-corrected chi connectivity index (χ3v) is 2.11. The highest BCUT2D eigenvalue weighted by Crippen LogP contribution is 2.30. The van der Waals surface area contributed by atoms with Gasteiger partial charge in [0.05, 0.1) is 12.2 Å². The molecule has 1 heterocycles. The predicted octanol–water partition coefficient (Wildman–Crippen LogP) is 2.51. The molecule has 1 aromatic heterocycles. The maximum absolute atomic E-state index is 12.7. The van der Waals surface area contributed by atoms with Crippen LogP contribution in [0.5, 0.6) is 0 Å². The van der Waals surface area contributed by atoms with Crippen molar-refractivity contribution in [3.63, 3.8) is 0 Å². The van der Waals surface area contributed by atoms with Crippen LogP contribution < -0.4 is 5.43 Å². The average Bonchev–Trinajstić information content (AvgIpc) is 2.26. The number of hydrogen-bond donors (Lipinski definition) is 1. The van der Waals surface area contributed by atoms with Crippen LogP contribution in [0.4, 0.5) is 22.0 Å². The van der Waals surface area contributed by atoms with Crippen LogP contribution in [0.2, 0.25) is 0 Å². The van der Waals surface area contributed by atoms with Crippen LogP contribution in [-0.4, -0.2) is 17.6 Å². The number of esters is 1. The molecule has 0 spiro atoms. The van der Waals surface area contributed by atoms with E-state index >= 15 is 0 Å². The highest BCUT2D eigenvalue weighted by molar-refractivity contribution is 5.89. The molecule has 1 N–H and O–H groups in total. The average molecular weight is 285 g/mol. The molecule has 1 aromatic rings. The van der Waals surface area contributed by atoms with Crippen LogP contribution in [0, 0.1) is 0 Å². The summed E-state index contributed by atoms with van der Waals surface area (Å²) < 4.78 is 67.1. The Hall–Kier alpha value is -1.93. The Morgan fingerprint density at radius 1 is 1.42 bits per heavy atom. The Morgan fingerprint density at radius 3 is 2.42 bits per heavy atom. The zero-order valence-electron chi connectivity index (χ0n) is 9.48. The summed E-state index contributed by atoms with van der Waals surface area (Å²) in [4.78, 5) is 24.4. The maximum atomic E-state index is 12.7. The first kappa shape index (κ1) is 15.1. The van der Waals surface area contributed by atoms with E-state index in [1.807, 2.05) is 0 Å². The standard InChI is InChI=1S/C10H8F5NO3/c1-2-19-9(18)6-5(10(13,14)15)7(17)4(3-16-6)8(11)12/h3,8H,2H2,1H3,(H,16,17). The van der Waals surface area contributed by atoms with E-state index in [2.05, 4.69) is 4.74 Å². The van der Waals surface area contributed by atoms with Crippen LogP contribution in [-0.2, 0) is 10.9 Å². The maximum Gasteiger partial charge on any atom is 0.422 e. The summed E-state index contributed by atoms with van der Waals surface area (Å²) in [6.07, 6.45) is -8.27. The third kappa shape index (κ3) is 3.09. The predicted molar refractivity (Wildman–Crippen MR) is 53.0 cm³/mol. The summed E-state index contributed by atoms with van der Waals surface area (Å²) in [7, 11) is 0. The van der Waals surface area contributed by atoms with Gasteiger partial charge in [0.1, 0.15) is 11.3 Å². The number of carbonyl (C=O) groups excluding carboxylic acids is 1. The van der Waals surface area contributed by atoms with Crippen molar-refractivity contribution in [2.75, 3.05) is 6.61 Å². The monoisotopic (exact) mass is 285 g/mol. The van der Waals surface area contributed by atoms with E-state index in [4.69, 9.17) is 0 Å². The van der Waals surface area contributed by atoms with Crippen molar-refractivity contribution >= 4 is 5.97 Å². The number of nitrogens with one attached hydrogen (secondary N) is 1. The third-order valence-electron chi connectivity index (χ3n) is 2.11. The van der Waals surface area contributed by atoms with Crippen LogP contribution >= 0.6 is 0 Å². The fourth-order valence-electron chi connectivity index (χ4n) is 1.34. The Labute approximate surface area is 103 Å². The van der Waals surface area contributed by atoms with Crippen LogP contribution in [0.25, 0.3) is 0 Å². The van der Waals surface area contributed by atoms with Gasteiger partial charge < -0.3 is 9.72 Å². The topological polar surface area (TPSA) is 59.2 Å². The van der Waals surface area contributed by atoms with E-state index in [9.17, 15) is 31.5 Å². The number of rotatable bonds is 3. The Bertz CT molecular complexity index is 535. The van der Waals surface area contributed by atoms with Crippen LogP contribution in [0.3, 0.4) is 0 Å². The number of alkyl halides is 5. The molecule has 9 heteroatoms. The van der Waals surface area contributed by atoms with Gasteiger partial charge in [-0.05, 0) is 6.92 Å². The van der Waals surface area contributed by atoms with Gasteiger partial charge in [0.25, 0.3) is 6.43 Å². The molecular weight excluding hydrogens is 277 g/mol. The molecule has 0 aliphatic rings. The summed E-state index contributed by atoms with van der Waals surface area (Å²) in [5.41, 5.74) is -6.47. The molecule has 0 aromatic carbocycles. The van der Waals surface area contributed by atoms with Crippen molar-refractivity contribution in [2.24, 2.45) is 0 Å². The van der Waals surface area contributed by atoms with Crippen LogP contribution in [0.15, 0.2) is 11.0 Å². The van der Waals surface area contributed by atoms with E-state index in [1.54, 1.807) is 4.98 Å². The van der Waals surface area contributed by atoms with Crippen molar-refractivity contribution < 1.29 is 31.5 Å². The Kier molecular flexibility index (Phi) is 4.28. The smallest absolute Gasteiger partial charge is 0.422 e. The summed E-state index contributed by atoms with van der Waals surface area (Å²) in [6.45, 7) is 1.12. The summed E-state index contributed by atoms with van der Waals surface area (Å²) in [5, 5.41) is 0. The zero-order chi connectivity index (χ0) is 14.8. The first-order valence-corrected chi connectivity index (χ1v) is 4.98. The minimum absolute atomic E-state index is 0.227. The van der Waals surface area contributed by atoms with Gasteiger partial charge in [-0.15, -0.1) is 0 Å². The molecule has 4 nitrogen and oxygen atoms in total. The van der Waals surface area contributed by atoms with Gasteiger partial charge in [-0.3, -0.25) is 4.79 Å². The number of hydrogen-bond acceptors (Lipinski definition) is 3. The van der Waals surface area contributed by atoms with Gasteiger partial charge in [0, 0.05) is 6.20 Å². The number of ether oxygens (including phenoxy) is 1. The van der Waals surface area contributed by atoms with Gasteiger partial charge in [0.15, 0.2) is 0 Å². The second-order valence-electron chi connectivity index (χ2n) is 3.34. The molecule has 19 heavy (non-hydrogen) atoms. The van der Waals surface area contributed by atoms with Crippen molar-refractivity contribution in [1.29, 1.82) is 0 Å². The molecule has 0 saturated carbocycles. The summed E-state index contributed by atoms with van der Waals surface area (Å²) >= 11 is 0. The van der Waals surface area contributed by atoms with E-state index in [1.165, 1.54) is 6.92 Å². The molecule has 0 saturated heterocycles. The largest absolute Gasteiger partial charge is 0.461 e. The molecule has 0 aliphatic heterocycles. The lowest BCUT2D eigenvalue weighted by molar-refractivity contribution is -0.139. The number of aromatic nitrogens is 1. The lowest BCUT2D eigenvalue weighted by Gasteiger charge is -2.12.